The van der Waals surface area contributed by atoms with Gasteiger partial charge in [-0.2, -0.15) is 5.10 Å². The van der Waals surface area contributed by atoms with Gasteiger partial charge in [0.1, 0.15) is 12.4 Å². The fraction of sp³-hybridized carbons (Fsp3) is 0.353. The average Bonchev–Trinajstić information content (AvgIpc) is 3.05. The van der Waals surface area contributed by atoms with Crippen LogP contribution in [0.25, 0.3) is 0 Å². The minimum absolute atomic E-state index is 0.233. The molecule has 1 fully saturated rings. The third kappa shape index (κ3) is 3.39. The number of amides is 2. The second-order valence-corrected chi connectivity index (χ2v) is 5.75. The molecular weight excluding hydrogens is 327 g/mol. The number of hydrogen-bond acceptors (Lipinski definition) is 4. The number of aromatic nitrogens is 2. The fourth-order valence-electron chi connectivity index (χ4n) is 2.82. The van der Waals surface area contributed by atoms with Crippen LogP contribution in [0.1, 0.15) is 18.5 Å². The van der Waals surface area contributed by atoms with Gasteiger partial charge in [-0.15, -0.1) is 0 Å². The zero-order chi connectivity index (χ0) is 18.0. The van der Waals surface area contributed by atoms with Crippen LogP contribution in [0, 0.1) is 5.82 Å². The van der Waals surface area contributed by atoms with Gasteiger partial charge in [0.2, 0.25) is 5.91 Å². The Labute approximate surface area is 144 Å². The molecule has 0 unspecified atom stereocenters. The smallest absolute Gasteiger partial charge is 0.257 e. The van der Waals surface area contributed by atoms with Gasteiger partial charge in [0.15, 0.2) is 11.9 Å². The summed E-state index contributed by atoms with van der Waals surface area (Å²) in [5.74, 6) is -0.908. The van der Waals surface area contributed by atoms with Crippen LogP contribution in [0.3, 0.4) is 0 Å². The molecule has 1 saturated heterocycles. The highest BCUT2D eigenvalue weighted by molar-refractivity contribution is 5.95. The number of morpholine rings is 1. The van der Waals surface area contributed by atoms with Crippen molar-refractivity contribution in [3.63, 3.8) is 0 Å². The van der Waals surface area contributed by atoms with Gasteiger partial charge in [-0.25, -0.2) is 4.39 Å². The van der Waals surface area contributed by atoms with Crippen molar-refractivity contribution in [2.24, 2.45) is 0 Å². The van der Waals surface area contributed by atoms with Crippen LogP contribution in [-0.4, -0.2) is 46.3 Å². The molecular formula is C17H19FN4O3. The number of ether oxygens (including phenoxy) is 1. The largest absolute Gasteiger partial charge is 0.356 e. The summed E-state index contributed by atoms with van der Waals surface area (Å²) in [5, 5.41) is 6.85. The van der Waals surface area contributed by atoms with Gasteiger partial charge in [0, 0.05) is 31.4 Å². The number of carbonyl (C=O) groups is 2. The van der Waals surface area contributed by atoms with Gasteiger partial charge in [0.05, 0.1) is 6.04 Å². The summed E-state index contributed by atoms with van der Waals surface area (Å²) >= 11 is 0. The van der Waals surface area contributed by atoms with Crippen LogP contribution in [0.2, 0.25) is 0 Å². The maximum Gasteiger partial charge on any atom is 0.257 e. The lowest BCUT2D eigenvalue weighted by Crippen LogP contribution is -2.51. The monoisotopic (exact) mass is 346 g/mol. The molecule has 1 aliphatic rings. The van der Waals surface area contributed by atoms with Crippen molar-refractivity contribution < 1.29 is 18.7 Å². The molecule has 2 heterocycles. The maximum absolute atomic E-state index is 14.2. The van der Waals surface area contributed by atoms with E-state index in [2.05, 4.69) is 10.4 Å². The van der Waals surface area contributed by atoms with Crippen LogP contribution >= 0.6 is 0 Å². The maximum atomic E-state index is 14.2. The molecule has 1 aromatic heterocycles. The van der Waals surface area contributed by atoms with E-state index in [4.69, 9.17) is 4.74 Å². The van der Waals surface area contributed by atoms with Gasteiger partial charge >= 0.3 is 0 Å². The van der Waals surface area contributed by atoms with Crippen molar-refractivity contribution in [2.45, 2.75) is 25.6 Å². The molecule has 1 aliphatic heterocycles. The number of nitrogens with one attached hydrogen (secondary N) is 1. The van der Waals surface area contributed by atoms with E-state index in [1.807, 2.05) is 6.92 Å². The first kappa shape index (κ1) is 17.1. The Balaban J connectivity index is 1.87. The normalized spacial score (nSPS) is 20.6. The van der Waals surface area contributed by atoms with Crippen molar-refractivity contribution >= 4 is 17.6 Å². The molecule has 25 heavy (non-hydrogen) atoms. The van der Waals surface area contributed by atoms with E-state index in [0.717, 1.165) is 0 Å². The molecule has 0 radical (unpaired) electrons. The molecule has 0 saturated carbocycles. The van der Waals surface area contributed by atoms with Gasteiger partial charge in [-0.05, 0) is 13.0 Å². The van der Waals surface area contributed by atoms with Crippen LogP contribution in [0.4, 0.5) is 10.2 Å². The zero-order valence-corrected chi connectivity index (χ0v) is 14.0. The van der Waals surface area contributed by atoms with Crippen molar-refractivity contribution in [3.05, 3.63) is 47.9 Å². The van der Waals surface area contributed by atoms with Gasteiger partial charge < -0.3 is 15.0 Å². The number of halogens is 1. The van der Waals surface area contributed by atoms with E-state index in [0.29, 0.717) is 12.4 Å². The van der Waals surface area contributed by atoms with E-state index in [1.165, 1.54) is 18.0 Å². The molecule has 0 bridgehead atoms. The molecule has 2 atom stereocenters. The Morgan fingerprint density at radius 2 is 2.16 bits per heavy atom. The number of rotatable bonds is 4. The van der Waals surface area contributed by atoms with Crippen LogP contribution in [-0.2, 0) is 20.9 Å². The Hall–Kier alpha value is -2.74. The molecule has 1 aromatic carbocycles. The summed E-state index contributed by atoms with van der Waals surface area (Å²) in [6, 6.07) is 6.86. The predicted molar refractivity (Wildman–Crippen MR) is 88.2 cm³/mol. The summed E-state index contributed by atoms with van der Waals surface area (Å²) in [4.78, 5) is 26.0. The second-order valence-electron chi connectivity index (χ2n) is 5.75. The molecule has 132 valence electrons. The average molecular weight is 346 g/mol. The lowest BCUT2D eigenvalue weighted by atomic mass is 9.97. The SMILES string of the molecule is CCn1ccc(NC(=O)[C@@H]2OCC(=O)N(C)[C@H]2c2ccccc2F)n1. The summed E-state index contributed by atoms with van der Waals surface area (Å²) in [6.07, 6.45) is 0.702. The fourth-order valence-corrected chi connectivity index (χ4v) is 2.82. The summed E-state index contributed by atoms with van der Waals surface area (Å²) in [7, 11) is 1.54. The molecule has 7 nitrogen and oxygen atoms in total. The number of carbonyl (C=O) groups excluding carboxylic acids is 2. The molecule has 2 aromatic rings. The Bertz CT molecular complexity index is 792. The number of anilines is 1. The van der Waals surface area contributed by atoms with E-state index in [9.17, 15) is 14.0 Å². The van der Waals surface area contributed by atoms with Crippen molar-refractivity contribution in [1.82, 2.24) is 14.7 Å². The third-order valence-electron chi connectivity index (χ3n) is 4.18. The van der Waals surface area contributed by atoms with Crippen LogP contribution in [0.15, 0.2) is 36.5 Å². The van der Waals surface area contributed by atoms with Crippen molar-refractivity contribution in [1.29, 1.82) is 0 Å². The number of hydrogen-bond donors (Lipinski definition) is 1. The van der Waals surface area contributed by atoms with Gasteiger partial charge in [-0.1, -0.05) is 18.2 Å². The first-order valence-corrected chi connectivity index (χ1v) is 7.97. The molecule has 3 rings (SSSR count). The first-order valence-electron chi connectivity index (χ1n) is 7.97. The number of benzene rings is 1. The lowest BCUT2D eigenvalue weighted by molar-refractivity contribution is -0.160. The number of aryl methyl sites for hydroxylation is 1. The highest BCUT2D eigenvalue weighted by Crippen LogP contribution is 2.31. The van der Waals surface area contributed by atoms with E-state index in [1.54, 1.807) is 35.1 Å². The van der Waals surface area contributed by atoms with Gasteiger partial charge in [-0.3, -0.25) is 14.3 Å². The van der Waals surface area contributed by atoms with E-state index in [-0.39, 0.29) is 18.1 Å². The molecule has 2 amide bonds. The van der Waals surface area contributed by atoms with E-state index >= 15 is 0 Å². The molecule has 1 N–H and O–H groups in total. The van der Waals surface area contributed by atoms with Crippen LogP contribution < -0.4 is 5.32 Å². The minimum atomic E-state index is -1.04. The summed E-state index contributed by atoms with van der Waals surface area (Å²) in [6.45, 7) is 2.37. The zero-order valence-electron chi connectivity index (χ0n) is 14.0. The second kappa shape index (κ2) is 7.02. The third-order valence-corrected chi connectivity index (χ3v) is 4.18. The summed E-state index contributed by atoms with van der Waals surface area (Å²) < 4.78 is 21.4. The molecule has 0 aliphatic carbocycles. The predicted octanol–water partition coefficient (Wildman–Crippen LogP) is 1.58. The lowest BCUT2D eigenvalue weighted by Gasteiger charge is -2.38. The topological polar surface area (TPSA) is 76.5 Å². The highest BCUT2D eigenvalue weighted by Gasteiger charge is 2.41. The highest BCUT2D eigenvalue weighted by atomic mass is 19.1. The van der Waals surface area contributed by atoms with Gasteiger partial charge in [0.25, 0.3) is 5.91 Å². The summed E-state index contributed by atoms with van der Waals surface area (Å²) in [5.41, 5.74) is 0.234. The van der Waals surface area contributed by atoms with E-state index < -0.39 is 23.9 Å². The van der Waals surface area contributed by atoms with Crippen molar-refractivity contribution in [3.8, 4) is 0 Å². The Morgan fingerprint density at radius 3 is 2.84 bits per heavy atom. The van der Waals surface area contributed by atoms with Crippen LogP contribution in [0.5, 0.6) is 0 Å². The van der Waals surface area contributed by atoms with Crippen molar-refractivity contribution in [2.75, 3.05) is 19.0 Å². The quantitative estimate of drug-likeness (QED) is 0.912. The molecule has 8 heteroatoms. The number of likely N-dealkylation sites (N-methyl/N-ethyl adjacent to an activating group) is 1. The Morgan fingerprint density at radius 1 is 1.40 bits per heavy atom. The Kier molecular flexibility index (Phi) is 4.80. The minimum Gasteiger partial charge on any atom is -0.356 e. The molecule has 0 spiro atoms. The standard InChI is InChI=1S/C17H19FN4O3/c1-3-22-9-8-13(20-22)19-17(24)16-15(21(2)14(23)10-25-16)11-6-4-5-7-12(11)18/h4-9,15-16H,3,10H2,1-2H3,(H,19,20,24)/t15-,16+/m0/s1. The first-order chi connectivity index (χ1) is 12.0. The number of nitrogens with zero attached hydrogens (tertiary/aromatic N) is 3.